The summed E-state index contributed by atoms with van der Waals surface area (Å²) in [6.45, 7) is 6.23. The quantitative estimate of drug-likeness (QED) is 0.0800. The molecule has 0 atom stereocenters. The van der Waals surface area contributed by atoms with Gasteiger partial charge in [0.1, 0.15) is 17.4 Å². The number of hydrogen-bond donors (Lipinski definition) is 3. The third-order valence-electron chi connectivity index (χ3n) is 10.7. The van der Waals surface area contributed by atoms with Crippen LogP contribution in [0.4, 0.5) is 0 Å². The van der Waals surface area contributed by atoms with Gasteiger partial charge in [0.2, 0.25) is 0 Å². The number of imidazole rings is 2. The van der Waals surface area contributed by atoms with E-state index < -0.39 is 0 Å². The van der Waals surface area contributed by atoms with Crippen LogP contribution in [0.15, 0.2) is 109 Å². The van der Waals surface area contributed by atoms with Crippen LogP contribution in [0.5, 0.6) is 5.75 Å². The minimum Gasteiger partial charge on any atom is -0.507 e. The maximum Gasteiger partial charge on any atom is 0.255 e. The number of aryl methyl sites for hydroxylation is 3. The van der Waals surface area contributed by atoms with Crippen LogP contribution >= 0.6 is 0 Å². The first kappa shape index (κ1) is 39.0. The van der Waals surface area contributed by atoms with Gasteiger partial charge in [-0.3, -0.25) is 9.59 Å². The zero-order valence-corrected chi connectivity index (χ0v) is 33.2. The van der Waals surface area contributed by atoms with Gasteiger partial charge < -0.3 is 24.9 Å². The van der Waals surface area contributed by atoms with Gasteiger partial charge >= 0.3 is 0 Å². The Kier molecular flexibility index (Phi) is 12.4. The number of nitrogens with one attached hydrogen (secondary N) is 2. The van der Waals surface area contributed by atoms with Gasteiger partial charge in [0.05, 0.1) is 27.6 Å². The summed E-state index contributed by atoms with van der Waals surface area (Å²) in [7, 11) is 2.08. The smallest absolute Gasteiger partial charge is 0.255 e. The van der Waals surface area contributed by atoms with Crippen molar-refractivity contribution in [2.24, 2.45) is 7.05 Å². The number of carbonyl (C=O) groups is 2. The highest BCUT2D eigenvalue weighted by molar-refractivity contribution is 6.01. The summed E-state index contributed by atoms with van der Waals surface area (Å²) in [6, 6.07) is 35.6. The molecule has 7 aromatic rings. The lowest BCUT2D eigenvalue weighted by molar-refractivity contribution is 0.0943. The number of carbonyl (C=O) groups excluding carboxylic acids is 2. The number of phenols is 1. The second-order valence-electron chi connectivity index (χ2n) is 14.9. The molecule has 9 heteroatoms. The van der Waals surface area contributed by atoms with Crippen molar-refractivity contribution in [2.75, 3.05) is 13.1 Å². The SMILES string of the molecule is CCCc1nc2c(C)cc(-c3nc4ccccc4n3C)cc2n1Cc1ccc(-c2ccccc2C(=O)NCCCCCCCCNC(=O)c2ccccc2O)cc1. The third-order valence-corrected chi connectivity index (χ3v) is 10.7. The standard InChI is InChI=1S/C48H52N6O3/c1-4-17-44-52-45-33(2)30-36(46-51-40-21-12-13-22-41(40)53(46)3)31-42(45)54(44)32-34-24-26-35(27-25-34)37-18-9-10-19-38(37)47(56)49-28-15-7-5-6-8-16-29-50-48(57)39-20-11-14-23-43(39)55/h9-14,18-27,30-31,55H,4-8,15-17,28-29,32H2,1-3H3,(H,49,56)(H,50,57). The van der Waals surface area contributed by atoms with Gasteiger partial charge in [-0.1, -0.05) is 99.3 Å². The zero-order chi connectivity index (χ0) is 39.7. The first-order valence-corrected chi connectivity index (χ1v) is 20.3. The second-order valence-corrected chi connectivity index (χ2v) is 14.9. The number of benzene rings is 5. The van der Waals surface area contributed by atoms with Crippen LogP contribution in [0.2, 0.25) is 0 Å². The molecular formula is C48H52N6O3. The lowest BCUT2D eigenvalue weighted by Gasteiger charge is -2.13. The Bertz CT molecular complexity index is 2500. The molecule has 9 nitrogen and oxygen atoms in total. The van der Waals surface area contributed by atoms with E-state index in [9.17, 15) is 14.7 Å². The summed E-state index contributed by atoms with van der Waals surface area (Å²) in [5.74, 6) is 1.71. The van der Waals surface area contributed by atoms with Gasteiger partial charge in [0, 0.05) is 44.2 Å². The van der Waals surface area contributed by atoms with Crippen LogP contribution in [-0.4, -0.2) is 49.1 Å². The maximum absolute atomic E-state index is 13.4. The summed E-state index contributed by atoms with van der Waals surface area (Å²) in [5.41, 5.74) is 10.5. The minimum atomic E-state index is -0.247. The molecule has 57 heavy (non-hydrogen) atoms. The highest BCUT2D eigenvalue weighted by atomic mass is 16.3. The van der Waals surface area contributed by atoms with Crippen molar-refractivity contribution in [3.05, 3.63) is 137 Å². The molecule has 3 N–H and O–H groups in total. The fraction of sp³-hybridized carbons (Fsp3) is 0.292. The number of unbranched alkanes of at least 4 members (excludes halogenated alkanes) is 5. The van der Waals surface area contributed by atoms with Gasteiger partial charge in [-0.25, -0.2) is 9.97 Å². The van der Waals surface area contributed by atoms with E-state index in [0.29, 0.717) is 30.8 Å². The topological polar surface area (TPSA) is 114 Å². The molecule has 2 aromatic heterocycles. The van der Waals surface area contributed by atoms with E-state index in [4.69, 9.17) is 9.97 Å². The summed E-state index contributed by atoms with van der Waals surface area (Å²) in [4.78, 5) is 35.7. The van der Waals surface area contributed by atoms with Crippen molar-refractivity contribution in [1.82, 2.24) is 29.7 Å². The van der Waals surface area contributed by atoms with Gasteiger partial charge in [-0.05, 0) is 90.9 Å². The summed E-state index contributed by atoms with van der Waals surface area (Å²) in [6.07, 6.45) is 7.88. The van der Waals surface area contributed by atoms with Crippen LogP contribution in [-0.2, 0) is 20.0 Å². The minimum absolute atomic E-state index is 0.00231. The number of hydrogen-bond acceptors (Lipinski definition) is 5. The lowest BCUT2D eigenvalue weighted by Crippen LogP contribution is -2.25. The monoisotopic (exact) mass is 760 g/mol. The molecule has 0 saturated heterocycles. The Morgan fingerprint density at radius 1 is 0.684 bits per heavy atom. The number of nitrogens with zero attached hydrogens (tertiary/aromatic N) is 4. The molecule has 7 rings (SSSR count). The summed E-state index contributed by atoms with van der Waals surface area (Å²) >= 11 is 0. The number of aromatic nitrogens is 4. The zero-order valence-electron chi connectivity index (χ0n) is 33.2. The molecule has 292 valence electrons. The van der Waals surface area contributed by atoms with Crippen LogP contribution < -0.4 is 10.6 Å². The highest BCUT2D eigenvalue weighted by Gasteiger charge is 2.18. The van der Waals surface area contributed by atoms with E-state index in [1.165, 1.54) is 11.6 Å². The molecule has 0 saturated carbocycles. The van der Waals surface area contributed by atoms with E-state index in [1.54, 1.807) is 18.2 Å². The van der Waals surface area contributed by atoms with Crippen molar-refractivity contribution in [1.29, 1.82) is 0 Å². The van der Waals surface area contributed by atoms with Gasteiger partial charge in [-0.2, -0.15) is 0 Å². The summed E-state index contributed by atoms with van der Waals surface area (Å²) < 4.78 is 4.52. The van der Waals surface area contributed by atoms with Crippen molar-refractivity contribution in [2.45, 2.75) is 71.8 Å². The number of aromatic hydroxyl groups is 1. The molecule has 0 bridgehead atoms. The van der Waals surface area contributed by atoms with Crippen molar-refractivity contribution in [3.8, 4) is 28.3 Å². The number of para-hydroxylation sites is 3. The van der Waals surface area contributed by atoms with E-state index >= 15 is 0 Å². The first-order chi connectivity index (χ1) is 27.8. The maximum atomic E-state index is 13.4. The fourth-order valence-corrected chi connectivity index (χ4v) is 7.69. The van der Waals surface area contributed by atoms with E-state index in [1.807, 2.05) is 30.3 Å². The van der Waals surface area contributed by atoms with E-state index in [0.717, 1.165) is 107 Å². The molecule has 0 radical (unpaired) electrons. The molecule has 2 amide bonds. The number of rotatable bonds is 17. The van der Waals surface area contributed by atoms with Gasteiger partial charge in [-0.15, -0.1) is 0 Å². The molecule has 2 heterocycles. The highest BCUT2D eigenvalue weighted by Crippen LogP contribution is 2.31. The second kappa shape index (κ2) is 18.2. The average molecular weight is 761 g/mol. The predicted octanol–water partition coefficient (Wildman–Crippen LogP) is 9.77. The molecule has 0 aliphatic rings. The van der Waals surface area contributed by atoms with Crippen molar-refractivity contribution in [3.63, 3.8) is 0 Å². The molecule has 0 spiro atoms. The Labute approximate surface area is 334 Å². The van der Waals surface area contributed by atoms with Crippen molar-refractivity contribution < 1.29 is 14.7 Å². The number of amides is 2. The van der Waals surface area contributed by atoms with Crippen LogP contribution in [0, 0.1) is 6.92 Å². The predicted molar refractivity (Wildman–Crippen MR) is 230 cm³/mol. The Morgan fingerprint density at radius 3 is 2.02 bits per heavy atom. The Balaban J connectivity index is 0.945. The third kappa shape index (κ3) is 8.93. The fourth-order valence-electron chi connectivity index (χ4n) is 7.69. The summed E-state index contributed by atoms with van der Waals surface area (Å²) in [5, 5.41) is 15.9. The van der Waals surface area contributed by atoms with Crippen LogP contribution in [0.1, 0.15) is 89.5 Å². The molecule has 0 unspecified atom stereocenters. The molecule has 0 aliphatic carbocycles. The largest absolute Gasteiger partial charge is 0.507 e. The van der Waals surface area contributed by atoms with E-state index in [2.05, 4.69) is 95.3 Å². The van der Waals surface area contributed by atoms with Gasteiger partial charge in [0.25, 0.3) is 11.8 Å². The lowest BCUT2D eigenvalue weighted by atomic mass is 9.98. The van der Waals surface area contributed by atoms with Crippen LogP contribution in [0.25, 0.3) is 44.6 Å². The van der Waals surface area contributed by atoms with Gasteiger partial charge in [0.15, 0.2) is 0 Å². The molecule has 5 aromatic carbocycles. The first-order valence-electron chi connectivity index (χ1n) is 20.3. The Hall–Kier alpha value is -6.22. The molecule has 0 aliphatic heterocycles. The number of phenolic OH excluding ortho intramolecular Hbond substituents is 1. The van der Waals surface area contributed by atoms with Crippen molar-refractivity contribution >= 4 is 33.9 Å². The molecular weight excluding hydrogens is 709 g/mol. The molecule has 0 fully saturated rings. The number of fused-ring (bicyclic) bond motifs is 2. The Morgan fingerprint density at radius 2 is 1.32 bits per heavy atom. The van der Waals surface area contributed by atoms with Crippen LogP contribution in [0.3, 0.4) is 0 Å². The normalized spacial score (nSPS) is 11.4. The van der Waals surface area contributed by atoms with E-state index in [-0.39, 0.29) is 17.6 Å². The average Bonchev–Trinajstić information content (AvgIpc) is 3.75.